The highest BCUT2D eigenvalue weighted by Gasteiger charge is 2.42. The van der Waals surface area contributed by atoms with Crippen molar-refractivity contribution in [3.63, 3.8) is 0 Å². The molecule has 0 amide bonds. The molecule has 92 valence electrons. The third kappa shape index (κ3) is 1.54. The van der Waals surface area contributed by atoms with Gasteiger partial charge in [0.2, 0.25) is 11.6 Å². The Hall–Kier alpha value is -1.49. The van der Waals surface area contributed by atoms with Crippen LogP contribution in [-0.4, -0.2) is 34.0 Å². The summed E-state index contributed by atoms with van der Waals surface area (Å²) >= 11 is 3.26. The Bertz CT molecular complexity index is 621. The van der Waals surface area contributed by atoms with Gasteiger partial charge < -0.3 is 4.90 Å². The van der Waals surface area contributed by atoms with Crippen LogP contribution in [0.1, 0.15) is 33.5 Å². The maximum Gasteiger partial charge on any atom is 0.229 e. The molecule has 0 radical (unpaired) electrons. The second kappa shape index (κ2) is 3.75. The molecule has 0 aromatic carbocycles. The van der Waals surface area contributed by atoms with Crippen LogP contribution in [0, 0.1) is 6.92 Å². The monoisotopic (exact) mass is 306 g/mol. The topological polar surface area (TPSA) is 50.0 Å². The molecule has 1 atom stereocenters. The first-order chi connectivity index (χ1) is 8.50. The van der Waals surface area contributed by atoms with E-state index in [0.29, 0.717) is 21.8 Å². The first kappa shape index (κ1) is 11.6. The lowest BCUT2D eigenvalue weighted by Crippen LogP contribution is -2.26. The van der Waals surface area contributed by atoms with Crippen LogP contribution in [0.5, 0.6) is 0 Å². The zero-order valence-corrected chi connectivity index (χ0v) is 11.6. The number of rotatable bonds is 1. The van der Waals surface area contributed by atoms with Crippen molar-refractivity contribution in [3.8, 4) is 0 Å². The van der Waals surface area contributed by atoms with E-state index in [1.54, 1.807) is 12.1 Å². The Balaban J connectivity index is 2.17. The molecule has 0 saturated carbocycles. The van der Waals surface area contributed by atoms with Gasteiger partial charge in [-0.25, -0.2) is 4.98 Å². The molecule has 0 N–H and O–H groups in total. The first-order valence-electron chi connectivity index (χ1n) is 5.74. The summed E-state index contributed by atoms with van der Waals surface area (Å²) in [4.78, 5) is 30.7. The summed E-state index contributed by atoms with van der Waals surface area (Å²) in [6, 6.07) is 3.73. The lowest BCUT2D eigenvalue weighted by molar-refractivity contribution is 0.0962. The molecule has 1 unspecified atom stereocenters. The average molecular weight is 307 g/mol. The quantitative estimate of drug-likeness (QED) is 0.745. The zero-order valence-electron chi connectivity index (χ0n) is 10.0. The molecule has 4 nitrogen and oxygen atoms in total. The van der Waals surface area contributed by atoms with Gasteiger partial charge in [0.25, 0.3) is 0 Å². The Labute approximate surface area is 113 Å². The molecule has 18 heavy (non-hydrogen) atoms. The van der Waals surface area contributed by atoms with Gasteiger partial charge in [0, 0.05) is 18.3 Å². The fraction of sp³-hybridized carbons (Fsp3) is 0.308. The summed E-state index contributed by atoms with van der Waals surface area (Å²) < 4.78 is 0.356. The molecule has 3 rings (SSSR count). The third-order valence-electron chi connectivity index (χ3n) is 3.26. The number of aryl methyl sites for hydroxylation is 1. The van der Waals surface area contributed by atoms with E-state index in [9.17, 15) is 9.59 Å². The Morgan fingerprint density at radius 1 is 1.33 bits per heavy atom. The van der Waals surface area contributed by atoms with Crippen molar-refractivity contribution in [2.75, 3.05) is 6.54 Å². The molecule has 2 heterocycles. The summed E-state index contributed by atoms with van der Waals surface area (Å²) in [5.41, 5.74) is 1.86. The van der Waals surface area contributed by atoms with Crippen LogP contribution in [0.3, 0.4) is 0 Å². The maximum absolute atomic E-state index is 12.4. The number of fused-ring (bicyclic) bond motifs is 1. The maximum atomic E-state index is 12.4. The number of hydrogen-bond acceptors (Lipinski definition) is 4. The summed E-state index contributed by atoms with van der Waals surface area (Å²) in [5.74, 6) is -0.323. The van der Waals surface area contributed by atoms with E-state index >= 15 is 0 Å². The average Bonchev–Trinajstić information content (AvgIpc) is 3.03. The molecule has 2 aliphatic rings. The molecule has 0 bridgehead atoms. The van der Waals surface area contributed by atoms with Crippen molar-refractivity contribution in [3.05, 3.63) is 39.3 Å². The van der Waals surface area contributed by atoms with E-state index < -0.39 is 0 Å². The fourth-order valence-electron chi connectivity index (χ4n) is 2.16. The minimum atomic E-state index is -0.162. The zero-order chi connectivity index (χ0) is 13.0. The minimum Gasteiger partial charge on any atom is -0.361 e. The van der Waals surface area contributed by atoms with Crippen LogP contribution < -0.4 is 0 Å². The van der Waals surface area contributed by atoms with E-state index in [-0.39, 0.29) is 17.3 Å². The fourth-order valence-corrected chi connectivity index (χ4v) is 2.78. The van der Waals surface area contributed by atoms with E-state index in [0.717, 1.165) is 12.2 Å². The molecule has 1 fully saturated rings. The standard InChI is InChI=1S/C13H11BrN2O2/c1-6-3-4-8-10(15-6)13(18)11(9(14)12(8)17)16-5-7(16)2/h3-4,7H,5H2,1-2H3. The number of carbonyl (C=O) groups is 2. The summed E-state index contributed by atoms with van der Waals surface area (Å²) in [6.07, 6.45) is 0. The Morgan fingerprint density at radius 2 is 2.00 bits per heavy atom. The molecule has 1 aliphatic heterocycles. The molecule has 1 aromatic heterocycles. The largest absolute Gasteiger partial charge is 0.361 e. The highest BCUT2D eigenvalue weighted by Crippen LogP contribution is 2.36. The molecular formula is C13H11BrN2O2. The van der Waals surface area contributed by atoms with Gasteiger partial charge in [0.1, 0.15) is 11.4 Å². The summed E-state index contributed by atoms with van der Waals surface area (Å²) in [7, 11) is 0. The molecule has 1 saturated heterocycles. The van der Waals surface area contributed by atoms with Crippen LogP contribution in [0.4, 0.5) is 0 Å². The van der Waals surface area contributed by atoms with Crippen molar-refractivity contribution in [2.45, 2.75) is 19.9 Å². The van der Waals surface area contributed by atoms with Crippen molar-refractivity contribution in [1.29, 1.82) is 0 Å². The van der Waals surface area contributed by atoms with Gasteiger partial charge in [-0.1, -0.05) is 0 Å². The Morgan fingerprint density at radius 3 is 2.61 bits per heavy atom. The predicted molar refractivity (Wildman–Crippen MR) is 69.8 cm³/mol. The molecular weight excluding hydrogens is 296 g/mol. The predicted octanol–water partition coefficient (Wildman–Crippen LogP) is 2.08. The normalized spacial score (nSPS) is 22.4. The lowest BCUT2D eigenvalue weighted by Gasteiger charge is -2.18. The number of ketones is 2. The van der Waals surface area contributed by atoms with Crippen molar-refractivity contribution in [2.24, 2.45) is 0 Å². The van der Waals surface area contributed by atoms with E-state index in [4.69, 9.17) is 0 Å². The van der Waals surface area contributed by atoms with Crippen LogP contribution >= 0.6 is 15.9 Å². The van der Waals surface area contributed by atoms with E-state index in [2.05, 4.69) is 20.9 Å². The van der Waals surface area contributed by atoms with Crippen LogP contribution in [-0.2, 0) is 0 Å². The lowest BCUT2D eigenvalue weighted by atomic mass is 9.97. The highest BCUT2D eigenvalue weighted by atomic mass is 79.9. The molecule has 1 aromatic rings. The van der Waals surface area contributed by atoms with Gasteiger partial charge in [-0.2, -0.15) is 0 Å². The van der Waals surface area contributed by atoms with Gasteiger partial charge in [0.05, 0.1) is 10.0 Å². The first-order valence-corrected chi connectivity index (χ1v) is 6.53. The van der Waals surface area contributed by atoms with Gasteiger partial charge in [-0.05, 0) is 41.9 Å². The molecule has 0 spiro atoms. The van der Waals surface area contributed by atoms with Gasteiger partial charge >= 0.3 is 0 Å². The highest BCUT2D eigenvalue weighted by molar-refractivity contribution is 9.12. The van der Waals surface area contributed by atoms with Crippen molar-refractivity contribution >= 4 is 27.5 Å². The minimum absolute atomic E-state index is 0.161. The molecule has 5 heteroatoms. The van der Waals surface area contributed by atoms with Crippen molar-refractivity contribution in [1.82, 2.24) is 9.88 Å². The number of halogens is 1. The van der Waals surface area contributed by atoms with E-state index in [1.807, 2.05) is 18.7 Å². The number of allylic oxidation sites excluding steroid dienone is 2. The van der Waals surface area contributed by atoms with Gasteiger partial charge in [0.15, 0.2) is 0 Å². The van der Waals surface area contributed by atoms with Gasteiger partial charge in [-0.3, -0.25) is 9.59 Å². The number of carbonyl (C=O) groups excluding carboxylic acids is 2. The summed E-state index contributed by atoms with van der Waals surface area (Å²) in [6.45, 7) is 4.64. The van der Waals surface area contributed by atoms with Crippen LogP contribution in [0.25, 0.3) is 0 Å². The van der Waals surface area contributed by atoms with Crippen molar-refractivity contribution < 1.29 is 9.59 Å². The number of pyridine rings is 1. The third-order valence-corrected chi connectivity index (χ3v) is 4.00. The second-order valence-corrected chi connectivity index (χ2v) is 5.46. The summed E-state index contributed by atoms with van der Waals surface area (Å²) in [5, 5.41) is 0. The number of hydrogen-bond donors (Lipinski definition) is 0. The molecule has 1 aliphatic carbocycles. The number of nitrogens with zero attached hydrogens (tertiary/aromatic N) is 2. The SMILES string of the molecule is Cc1ccc2c(n1)C(=O)C(N1CC1C)=C(Br)C2=O. The Kier molecular flexibility index (Phi) is 2.41. The van der Waals surface area contributed by atoms with Gasteiger partial charge in [-0.15, -0.1) is 0 Å². The smallest absolute Gasteiger partial charge is 0.229 e. The van der Waals surface area contributed by atoms with Crippen LogP contribution in [0.2, 0.25) is 0 Å². The number of Topliss-reactive ketones (excluding diaryl/α,β-unsaturated/α-hetero) is 2. The number of aromatic nitrogens is 1. The van der Waals surface area contributed by atoms with E-state index in [1.165, 1.54) is 0 Å². The second-order valence-electron chi connectivity index (χ2n) is 4.67. The van der Waals surface area contributed by atoms with Crippen LogP contribution in [0.15, 0.2) is 22.3 Å².